The zero-order valence-electron chi connectivity index (χ0n) is 13.9. The Morgan fingerprint density at radius 3 is 2.50 bits per heavy atom. The lowest BCUT2D eigenvalue weighted by Gasteiger charge is -2.08. The fourth-order valence-corrected chi connectivity index (χ4v) is 2.66. The molecule has 1 heterocycles. The highest BCUT2D eigenvalue weighted by Crippen LogP contribution is 2.31. The number of aliphatic hydroxyl groups excluding tert-OH is 1. The van der Waals surface area contributed by atoms with Gasteiger partial charge in [-0.15, -0.1) is 0 Å². The van der Waals surface area contributed by atoms with Crippen LogP contribution in [0.1, 0.15) is 23.1 Å². The van der Waals surface area contributed by atoms with E-state index in [1.807, 2.05) is 24.2 Å². The van der Waals surface area contributed by atoms with Crippen molar-refractivity contribution < 1.29 is 20.1 Å². The Morgan fingerprint density at radius 2 is 1.85 bits per heavy atom. The number of nitrogens with zero attached hydrogens (tertiary/aromatic N) is 1. The number of hydrogen-bond acceptors (Lipinski definition) is 6. The molecule has 0 atom stereocenters. The second-order valence-electron chi connectivity index (χ2n) is 5.91. The van der Waals surface area contributed by atoms with Crippen LogP contribution in [0.4, 0.5) is 0 Å². The molecule has 2 aromatic rings. The van der Waals surface area contributed by atoms with E-state index >= 15 is 0 Å². The van der Waals surface area contributed by atoms with E-state index in [0.29, 0.717) is 35.6 Å². The Hall–Kier alpha value is -3.34. The molecule has 0 saturated carbocycles. The van der Waals surface area contributed by atoms with Crippen LogP contribution in [0.25, 0.3) is 5.70 Å². The third-order valence-corrected chi connectivity index (χ3v) is 4.01. The van der Waals surface area contributed by atoms with Crippen LogP contribution in [0.3, 0.4) is 0 Å². The molecule has 6 nitrogen and oxygen atoms in total. The molecule has 1 aliphatic heterocycles. The molecular weight excluding hydrogens is 332 g/mol. The lowest BCUT2D eigenvalue weighted by atomic mass is 10.1. The van der Waals surface area contributed by atoms with Gasteiger partial charge in [0.1, 0.15) is 29.0 Å². The summed E-state index contributed by atoms with van der Waals surface area (Å²) in [5, 5.41) is 31.3. The van der Waals surface area contributed by atoms with E-state index in [1.54, 1.807) is 18.2 Å². The summed E-state index contributed by atoms with van der Waals surface area (Å²) < 4.78 is 0. The molecular formula is C20H18N2O4. The van der Waals surface area contributed by atoms with Gasteiger partial charge in [0.2, 0.25) is 0 Å². The van der Waals surface area contributed by atoms with Crippen molar-refractivity contribution in [3.05, 3.63) is 70.9 Å². The summed E-state index contributed by atoms with van der Waals surface area (Å²) in [6.07, 6.45) is 2.69. The molecule has 4 N–H and O–H groups in total. The summed E-state index contributed by atoms with van der Waals surface area (Å²) in [5.41, 5.74) is 3.15. The summed E-state index contributed by atoms with van der Waals surface area (Å²) in [4.78, 5) is 15.7. The van der Waals surface area contributed by atoms with Crippen molar-refractivity contribution in [1.29, 1.82) is 0 Å². The minimum Gasteiger partial charge on any atom is -0.508 e. The van der Waals surface area contributed by atoms with Crippen LogP contribution in [-0.4, -0.2) is 27.1 Å². The highest BCUT2D eigenvalue weighted by molar-refractivity contribution is 5.96. The predicted molar refractivity (Wildman–Crippen MR) is 98.2 cm³/mol. The Bertz CT molecular complexity index is 923. The number of benzene rings is 2. The van der Waals surface area contributed by atoms with Crippen molar-refractivity contribution >= 4 is 17.5 Å². The second-order valence-corrected chi connectivity index (χ2v) is 5.91. The molecule has 0 aliphatic carbocycles. The average molecular weight is 350 g/mol. The minimum absolute atomic E-state index is 0.0226. The van der Waals surface area contributed by atoms with Gasteiger partial charge in [-0.25, -0.2) is 9.79 Å². The van der Waals surface area contributed by atoms with E-state index in [-0.39, 0.29) is 18.1 Å². The van der Waals surface area contributed by atoms with Crippen LogP contribution in [-0.2, 0) is 17.8 Å². The molecule has 26 heavy (non-hydrogen) atoms. The number of phenolic OH excluding ortho intramolecular Hbond substituents is 2. The van der Waals surface area contributed by atoms with Gasteiger partial charge < -0.3 is 20.6 Å². The molecule has 132 valence electrons. The number of amidine groups is 1. The molecule has 1 aliphatic rings. The van der Waals surface area contributed by atoms with E-state index in [0.717, 1.165) is 11.1 Å². The van der Waals surface area contributed by atoms with Gasteiger partial charge in [0.15, 0.2) is 0 Å². The van der Waals surface area contributed by atoms with E-state index in [1.165, 1.54) is 12.1 Å². The molecule has 0 fully saturated rings. The van der Waals surface area contributed by atoms with Gasteiger partial charge in [0, 0.05) is 24.5 Å². The third kappa shape index (κ3) is 4.00. The van der Waals surface area contributed by atoms with Gasteiger partial charge in [-0.2, -0.15) is 0 Å². The van der Waals surface area contributed by atoms with Gasteiger partial charge in [-0.05, 0) is 23.3 Å². The number of allylic oxidation sites excluding steroid dienone is 1. The van der Waals surface area contributed by atoms with Crippen molar-refractivity contribution in [2.45, 2.75) is 19.4 Å². The van der Waals surface area contributed by atoms with E-state index in [9.17, 15) is 15.0 Å². The molecule has 0 spiro atoms. The van der Waals surface area contributed by atoms with Crippen molar-refractivity contribution in [1.82, 2.24) is 5.32 Å². The van der Waals surface area contributed by atoms with E-state index in [2.05, 4.69) is 10.3 Å². The molecule has 3 rings (SSSR count). The molecule has 0 saturated heterocycles. The molecule has 0 amide bonds. The largest absolute Gasteiger partial charge is 0.508 e. The van der Waals surface area contributed by atoms with Crippen LogP contribution in [0.2, 0.25) is 0 Å². The normalized spacial score (nSPS) is 13.0. The van der Waals surface area contributed by atoms with Crippen molar-refractivity contribution in [3.63, 3.8) is 0 Å². The molecule has 6 heteroatoms. The zero-order chi connectivity index (χ0) is 18.5. The number of rotatable bonds is 5. The Balaban J connectivity index is 1.69. The van der Waals surface area contributed by atoms with Crippen LogP contribution in [0, 0.1) is 0 Å². The number of phenols is 2. The van der Waals surface area contributed by atoms with E-state index < -0.39 is 0 Å². The monoisotopic (exact) mass is 350 g/mol. The Labute approximate surface area is 150 Å². The Kier molecular flexibility index (Phi) is 5.17. The molecule has 0 bridgehead atoms. The van der Waals surface area contributed by atoms with Crippen molar-refractivity contribution in [2.24, 2.45) is 4.99 Å². The van der Waals surface area contributed by atoms with Crippen LogP contribution in [0.5, 0.6) is 11.5 Å². The number of hydrogen-bond donors (Lipinski definition) is 4. The third-order valence-electron chi connectivity index (χ3n) is 4.01. The van der Waals surface area contributed by atoms with Gasteiger partial charge >= 0.3 is 0 Å². The smallest absolute Gasteiger partial charge is 0.146 e. The number of aliphatic hydroxyl groups is 1. The first-order valence-corrected chi connectivity index (χ1v) is 8.09. The van der Waals surface area contributed by atoms with Gasteiger partial charge in [0.25, 0.3) is 0 Å². The van der Waals surface area contributed by atoms with Gasteiger partial charge in [0.05, 0.1) is 12.3 Å². The molecule has 0 radical (unpaired) electrons. The fraction of sp³-hybridized carbons (Fsp3) is 0.150. The maximum atomic E-state index is 11.3. The average Bonchev–Trinajstić information content (AvgIpc) is 3.10. The van der Waals surface area contributed by atoms with Crippen LogP contribution >= 0.6 is 0 Å². The molecule has 2 aromatic carbocycles. The maximum Gasteiger partial charge on any atom is 0.146 e. The quantitative estimate of drug-likeness (QED) is 0.620. The number of carbonyl (C=O) groups excluding carboxylic acids is 1. The van der Waals surface area contributed by atoms with Gasteiger partial charge in [-0.1, -0.05) is 30.3 Å². The summed E-state index contributed by atoms with van der Waals surface area (Å²) in [6, 6.07) is 11.6. The highest BCUT2D eigenvalue weighted by atomic mass is 16.3. The first-order valence-electron chi connectivity index (χ1n) is 8.09. The summed E-state index contributed by atoms with van der Waals surface area (Å²) >= 11 is 0. The minimum atomic E-state index is -0.0589. The summed E-state index contributed by atoms with van der Waals surface area (Å²) in [6.45, 7) is -0.0235. The zero-order valence-corrected chi connectivity index (χ0v) is 13.9. The van der Waals surface area contributed by atoms with Gasteiger partial charge in [-0.3, -0.25) is 0 Å². The molecule has 0 aromatic heterocycles. The first-order chi connectivity index (χ1) is 12.6. The van der Waals surface area contributed by atoms with Crippen LogP contribution < -0.4 is 5.32 Å². The number of aromatic hydroxyl groups is 2. The summed E-state index contributed by atoms with van der Waals surface area (Å²) in [5.74, 6) is 2.40. The Morgan fingerprint density at radius 1 is 1.12 bits per heavy atom. The second kappa shape index (κ2) is 7.70. The topological polar surface area (TPSA) is 102 Å². The highest BCUT2D eigenvalue weighted by Gasteiger charge is 2.15. The number of nitrogens with one attached hydrogen (secondary N) is 1. The predicted octanol–water partition coefficient (Wildman–Crippen LogP) is 2.28. The number of aliphatic imine (C=N–C) groups is 1. The van der Waals surface area contributed by atoms with E-state index in [4.69, 9.17) is 5.11 Å². The summed E-state index contributed by atoms with van der Waals surface area (Å²) in [7, 11) is 0. The SMILES string of the molecule is O=C=C(Cc1ccc(CO)cc1)NC1=NC(c2ccc(O)cc2O)=CC1. The van der Waals surface area contributed by atoms with Crippen molar-refractivity contribution in [2.75, 3.05) is 0 Å². The fourth-order valence-electron chi connectivity index (χ4n) is 2.66. The lowest BCUT2D eigenvalue weighted by Crippen LogP contribution is -2.22. The van der Waals surface area contributed by atoms with Crippen molar-refractivity contribution in [3.8, 4) is 11.5 Å². The lowest BCUT2D eigenvalue weighted by molar-refractivity contribution is 0.282. The standard InChI is InChI=1S/C20H18N2O4/c23-11-14-3-1-13(2-4-14)9-15(12-24)21-20-8-7-18(22-20)17-6-5-16(25)10-19(17)26/h1-7,10,23,25-26H,8-9,11H2,(H,21,22). The molecule has 0 unspecified atom stereocenters. The van der Waals surface area contributed by atoms with Crippen LogP contribution in [0.15, 0.2) is 59.2 Å². The first kappa shape index (κ1) is 17.5. The maximum absolute atomic E-state index is 11.3.